The van der Waals surface area contributed by atoms with E-state index < -0.39 is 0 Å². The Hall–Kier alpha value is -3.48. The molecule has 0 fully saturated rings. The number of H-pyrrole nitrogens is 1. The second kappa shape index (κ2) is 10.2. The molecule has 1 aromatic heterocycles. The minimum atomic E-state index is -0.346. The summed E-state index contributed by atoms with van der Waals surface area (Å²) in [6.07, 6.45) is 2.81. The highest BCUT2D eigenvalue weighted by atomic mass is 16.5. The van der Waals surface area contributed by atoms with E-state index in [-0.39, 0.29) is 17.7 Å². The molecule has 0 saturated heterocycles. The van der Waals surface area contributed by atoms with Crippen molar-refractivity contribution in [1.82, 2.24) is 15.1 Å². The van der Waals surface area contributed by atoms with Crippen LogP contribution in [-0.4, -0.2) is 46.4 Å². The van der Waals surface area contributed by atoms with Crippen molar-refractivity contribution in [3.63, 3.8) is 0 Å². The molecular weight excluding hydrogens is 430 g/mol. The quantitative estimate of drug-likeness (QED) is 0.411. The molecule has 1 aliphatic rings. The Morgan fingerprint density at radius 1 is 1.18 bits per heavy atom. The van der Waals surface area contributed by atoms with Crippen LogP contribution in [-0.2, 0) is 0 Å². The molecule has 1 atom stereocenters. The summed E-state index contributed by atoms with van der Waals surface area (Å²) in [5, 5.41) is 17.9. The van der Waals surface area contributed by atoms with Crippen LogP contribution in [0, 0.1) is 5.92 Å². The van der Waals surface area contributed by atoms with Crippen molar-refractivity contribution in [3.8, 4) is 28.5 Å². The Kier molecular flexibility index (Phi) is 7.10. The first kappa shape index (κ1) is 23.7. The molecule has 2 N–H and O–H groups in total. The second-order valence-corrected chi connectivity index (χ2v) is 9.07. The minimum absolute atomic E-state index is 0.0844. The molecule has 2 aromatic carbocycles. The molecule has 34 heavy (non-hydrogen) atoms. The number of unbranched alkanes of at least 4 members (excludes halogenated alkanes) is 1. The van der Waals surface area contributed by atoms with E-state index in [9.17, 15) is 9.90 Å². The summed E-state index contributed by atoms with van der Waals surface area (Å²) >= 11 is 0. The zero-order valence-electron chi connectivity index (χ0n) is 20.3. The molecule has 1 amide bonds. The molecule has 0 spiro atoms. The van der Waals surface area contributed by atoms with Gasteiger partial charge in [-0.2, -0.15) is 5.10 Å². The van der Waals surface area contributed by atoms with Gasteiger partial charge in [0, 0.05) is 17.7 Å². The number of phenols is 1. The summed E-state index contributed by atoms with van der Waals surface area (Å²) in [7, 11) is 1.62. The minimum Gasteiger partial charge on any atom is -0.507 e. The number of amides is 1. The van der Waals surface area contributed by atoms with Crippen molar-refractivity contribution >= 4 is 5.91 Å². The maximum atomic E-state index is 13.4. The van der Waals surface area contributed by atoms with E-state index >= 15 is 0 Å². The number of methoxy groups -OCH3 is 1. The van der Waals surface area contributed by atoms with Crippen LogP contribution in [0.25, 0.3) is 11.3 Å². The summed E-state index contributed by atoms with van der Waals surface area (Å²) in [6, 6.07) is 12.6. The number of rotatable bonds is 10. The van der Waals surface area contributed by atoms with Gasteiger partial charge >= 0.3 is 0 Å². The number of ether oxygens (including phenoxy) is 2. The number of phenolic OH excluding ortho intramolecular Hbond substituents is 1. The maximum Gasteiger partial charge on any atom is 0.273 e. The third kappa shape index (κ3) is 4.47. The Labute approximate surface area is 200 Å². The summed E-state index contributed by atoms with van der Waals surface area (Å²) in [6.45, 7) is 7.67. The smallest absolute Gasteiger partial charge is 0.273 e. The number of fused-ring (bicyclic) bond motifs is 1. The average molecular weight is 464 g/mol. The lowest BCUT2D eigenvalue weighted by Gasteiger charge is -2.27. The number of carbonyl (C=O) groups excluding carboxylic acids is 1. The van der Waals surface area contributed by atoms with Crippen molar-refractivity contribution in [2.24, 2.45) is 5.92 Å². The summed E-state index contributed by atoms with van der Waals surface area (Å²) < 4.78 is 11.6. The lowest BCUT2D eigenvalue weighted by Crippen LogP contribution is -2.30. The molecule has 0 aliphatic carbocycles. The largest absolute Gasteiger partial charge is 0.507 e. The van der Waals surface area contributed by atoms with Gasteiger partial charge in [-0.15, -0.1) is 0 Å². The van der Waals surface area contributed by atoms with Gasteiger partial charge in [-0.25, -0.2) is 0 Å². The molecule has 3 aromatic rings. The number of aromatic nitrogens is 2. The fourth-order valence-corrected chi connectivity index (χ4v) is 4.36. The van der Waals surface area contributed by atoms with E-state index in [0.29, 0.717) is 47.5 Å². The Balaban J connectivity index is 1.77. The van der Waals surface area contributed by atoms with Gasteiger partial charge in [0.25, 0.3) is 5.91 Å². The summed E-state index contributed by atoms with van der Waals surface area (Å²) in [5.74, 6) is 1.91. The zero-order valence-corrected chi connectivity index (χ0v) is 20.3. The van der Waals surface area contributed by atoms with Gasteiger partial charge in [-0.3, -0.25) is 9.89 Å². The molecule has 1 aliphatic heterocycles. The highest BCUT2D eigenvalue weighted by Gasteiger charge is 2.42. The first-order valence-corrected chi connectivity index (χ1v) is 11.9. The van der Waals surface area contributed by atoms with Crippen molar-refractivity contribution < 1.29 is 19.4 Å². The van der Waals surface area contributed by atoms with Gasteiger partial charge < -0.3 is 19.5 Å². The standard InChI is InChI=1S/C27H33N3O4/c1-5-6-14-30-26(18-11-12-21(22(16-18)33-4)34-15-13-17(2)3)23-24(28-29-25(23)27(30)32)19-9-7-8-10-20(19)31/h7-12,16-17,26,31H,5-6,13-15H2,1-4H3,(H,28,29)/t26-/m0/s1. The van der Waals surface area contributed by atoms with Crippen LogP contribution < -0.4 is 9.47 Å². The zero-order chi connectivity index (χ0) is 24.2. The number of hydrogen-bond acceptors (Lipinski definition) is 5. The molecule has 0 radical (unpaired) electrons. The predicted molar refractivity (Wildman–Crippen MR) is 131 cm³/mol. The molecule has 7 nitrogen and oxygen atoms in total. The van der Waals surface area contributed by atoms with Crippen LogP contribution in [0.4, 0.5) is 0 Å². The lowest BCUT2D eigenvalue weighted by molar-refractivity contribution is 0.0741. The fourth-order valence-electron chi connectivity index (χ4n) is 4.36. The van der Waals surface area contributed by atoms with E-state index in [1.165, 1.54) is 0 Å². The van der Waals surface area contributed by atoms with Crippen LogP contribution >= 0.6 is 0 Å². The Bertz CT molecular complexity index is 1150. The van der Waals surface area contributed by atoms with Crippen LogP contribution in [0.1, 0.15) is 67.7 Å². The number of aromatic hydroxyl groups is 1. The molecule has 0 saturated carbocycles. The normalized spacial score (nSPS) is 15.1. The number of nitrogens with zero attached hydrogens (tertiary/aromatic N) is 2. The van der Waals surface area contributed by atoms with Crippen molar-refractivity contribution in [1.29, 1.82) is 0 Å². The van der Waals surface area contributed by atoms with E-state index in [1.54, 1.807) is 19.2 Å². The first-order chi connectivity index (χ1) is 16.5. The van der Waals surface area contributed by atoms with Crippen LogP contribution in [0.3, 0.4) is 0 Å². The molecule has 2 heterocycles. The number of benzene rings is 2. The van der Waals surface area contributed by atoms with Crippen molar-refractivity contribution in [3.05, 3.63) is 59.3 Å². The highest BCUT2D eigenvalue weighted by Crippen LogP contribution is 2.45. The predicted octanol–water partition coefficient (Wildman–Crippen LogP) is 5.56. The maximum absolute atomic E-state index is 13.4. The highest BCUT2D eigenvalue weighted by molar-refractivity contribution is 6.00. The second-order valence-electron chi connectivity index (χ2n) is 9.07. The number of aromatic amines is 1. The van der Waals surface area contributed by atoms with Gasteiger partial charge in [0.05, 0.1) is 19.8 Å². The lowest BCUT2D eigenvalue weighted by atomic mass is 9.95. The van der Waals surface area contributed by atoms with Gasteiger partial charge in [0.1, 0.15) is 17.1 Å². The number of nitrogens with one attached hydrogen (secondary N) is 1. The van der Waals surface area contributed by atoms with E-state index in [1.807, 2.05) is 35.2 Å². The molecule has 0 bridgehead atoms. The monoisotopic (exact) mass is 463 g/mol. The van der Waals surface area contributed by atoms with E-state index in [4.69, 9.17) is 9.47 Å². The van der Waals surface area contributed by atoms with Gasteiger partial charge in [-0.1, -0.05) is 45.4 Å². The third-order valence-corrected chi connectivity index (χ3v) is 6.23. The molecule has 4 rings (SSSR count). The van der Waals surface area contributed by atoms with Gasteiger partial charge in [0.15, 0.2) is 11.5 Å². The van der Waals surface area contributed by atoms with Crippen molar-refractivity contribution in [2.75, 3.05) is 20.3 Å². The molecule has 180 valence electrons. The first-order valence-electron chi connectivity index (χ1n) is 11.9. The van der Waals surface area contributed by atoms with Crippen LogP contribution in [0.15, 0.2) is 42.5 Å². The Morgan fingerprint density at radius 3 is 2.68 bits per heavy atom. The molecule has 7 heteroatoms. The average Bonchev–Trinajstić information content (AvgIpc) is 3.37. The number of carbonyl (C=O) groups is 1. The summed E-state index contributed by atoms with van der Waals surface area (Å²) in [4.78, 5) is 15.3. The topological polar surface area (TPSA) is 87.7 Å². The number of para-hydroxylation sites is 1. The van der Waals surface area contributed by atoms with Gasteiger partial charge in [0.2, 0.25) is 0 Å². The molecule has 0 unspecified atom stereocenters. The van der Waals surface area contributed by atoms with Crippen molar-refractivity contribution in [2.45, 2.75) is 46.1 Å². The van der Waals surface area contributed by atoms with E-state index in [0.717, 1.165) is 30.4 Å². The van der Waals surface area contributed by atoms with Crippen LogP contribution in [0.2, 0.25) is 0 Å². The Morgan fingerprint density at radius 2 is 1.97 bits per heavy atom. The van der Waals surface area contributed by atoms with Gasteiger partial charge in [-0.05, 0) is 48.6 Å². The number of hydrogen-bond donors (Lipinski definition) is 2. The fraction of sp³-hybridized carbons (Fsp3) is 0.407. The van der Waals surface area contributed by atoms with Crippen LogP contribution in [0.5, 0.6) is 17.2 Å². The van der Waals surface area contributed by atoms with E-state index in [2.05, 4.69) is 31.0 Å². The molecular formula is C27H33N3O4. The third-order valence-electron chi connectivity index (χ3n) is 6.23. The summed E-state index contributed by atoms with van der Waals surface area (Å²) in [5.41, 5.74) is 3.33. The SMILES string of the molecule is CCCCN1C(=O)c2[nH]nc(-c3ccccc3O)c2[C@@H]1c1ccc(OCCC(C)C)c(OC)c1.